The van der Waals surface area contributed by atoms with Crippen LogP contribution in [0.1, 0.15) is 29.8 Å². The van der Waals surface area contributed by atoms with E-state index in [-0.39, 0.29) is 0 Å². The number of hydrogen-bond donors (Lipinski definition) is 2. The van der Waals surface area contributed by atoms with Crippen molar-refractivity contribution in [2.75, 3.05) is 5.32 Å². The van der Waals surface area contributed by atoms with E-state index in [0.717, 1.165) is 0 Å². The summed E-state index contributed by atoms with van der Waals surface area (Å²) in [6.07, 6.45) is -1.08. The minimum Gasteiger partial charge on any atom is -0.451 e. The third-order valence-electron chi connectivity index (χ3n) is 3.42. The average molecular weight is 371 g/mol. The van der Waals surface area contributed by atoms with E-state index in [0.29, 0.717) is 16.1 Å². The van der Waals surface area contributed by atoms with E-state index in [9.17, 15) is 14.4 Å². The number of nitrogens with one attached hydrogen (secondary N) is 2. The van der Waals surface area contributed by atoms with E-state index in [2.05, 4.69) is 10.6 Å². The van der Waals surface area contributed by atoms with Crippen LogP contribution in [0.25, 0.3) is 0 Å². The number of amides is 2. The minimum atomic E-state index is -1.08. The number of anilines is 1. The zero-order valence-corrected chi connectivity index (χ0v) is 15.0. The number of hydrogen-bond acceptors (Lipinski definition) is 6. The maximum absolute atomic E-state index is 12.1. The Labute approximate surface area is 154 Å². The van der Waals surface area contributed by atoms with Crippen LogP contribution in [0.2, 0.25) is 0 Å². The van der Waals surface area contributed by atoms with Gasteiger partial charge in [-0.3, -0.25) is 9.59 Å². The third-order valence-corrected chi connectivity index (χ3v) is 4.25. The smallest absolute Gasteiger partial charge is 0.329 e. The van der Waals surface area contributed by atoms with Gasteiger partial charge in [0.05, 0.1) is 5.56 Å². The first kappa shape index (κ1) is 19.1. The average Bonchev–Trinajstić information content (AvgIpc) is 3.09. The van der Waals surface area contributed by atoms with Gasteiger partial charge in [-0.25, -0.2) is 4.79 Å². The highest BCUT2D eigenvalue weighted by molar-refractivity contribution is 7.14. The van der Waals surface area contributed by atoms with E-state index in [1.54, 1.807) is 41.8 Å². The SMILES string of the molecule is C[C@H](NC(=O)c1ccccc1)C(=O)O[C@@H](C)C(=O)Nc1sccc1C#N. The molecule has 0 spiro atoms. The van der Waals surface area contributed by atoms with Crippen LogP contribution < -0.4 is 10.6 Å². The number of esters is 1. The number of rotatable bonds is 6. The summed E-state index contributed by atoms with van der Waals surface area (Å²) in [7, 11) is 0. The summed E-state index contributed by atoms with van der Waals surface area (Å²) >= 11 is 1.20. The van der Waals surface area contributed by atoms with Crippen LogP contribution in [0, 0.1) is 11.3 Å². The molecule has 0 bridgehead atoms. The van der Waals surface area contributed by atoms with E-state index in [1.807, 2.05) is 6.07 Å². The van der Waals surface area contributed by atoms with Crippen molar-refractivity contribution in [3.05, 3.63) is 52.9 Å². The van der Waals surface area contributed by atoms with Gasteiger partial charge in [-0.15, -0.1) is 11.3 Å². The number of carbonyl (C=O) groups excluding carboxylic acids is 3. The van der Waals surface area contributed by atoms with Crippen molar-refractivity contribution in [3.63, 3.8) is 0 Å². The van der Waals surface area contributed by atoms with Gasteiger partial charge in [-0.2, -0.15) is 5.26 Å². The lowest BCUT2D eigenvalue weighted by Crippen LogP contribution is -2.42. The molecule has 0 aliphatic carbocycles. The van der Waals surface area contributed by atoms with Crippen molar-refractivity contribution in [2.45, 2.75) is 26.0 Å². The van der Waals surface area contributed by atoms with Crippen LogP contribution in [0.4, 0.5) is 5.00 Å². The summed E-state index contributed by atoms with van der Waals surface area (Å²) in [5.74, 6) is -1.70. The summed E-state index contributed by atoms with van der Waals surface area (Å²) in [5, 5.41) is 16.1. The normalized spacial score (nSPS) is 12.3. The molecular formula is C18H17N3O4S. The molecular weight excluding hydrogens is 354 g/mol. The van der Waals surface area contributed by atoms with Crippen molar-refractivity contribution in [2.24, 2.45) is 0 Å². The topological polar surface area (TPSA) is 108 Å². The van der Waals surface area contributed by atoms with Crippen LogP contribution in [0.15, 0.2) is 41.8 Å². The molecule has 1 heterocycles. The second-order valence-electron chi connectivity index (χ2n) is 5.40. The number of carbonyl (C=O) groups is 3. The fourth-order valence-electron chi connectivity index (χ4n) is 1.97. The van der Waals surface area contributed by atoms with Gasteiger partial charge >= 0.3 is 5.97 Å². The second kappa shape index (κ2) is 8.78. The Morgan fingerprint density at radius 1 is 1.15 bits per heavy atom. The van der Waals surface area contributed by atoms with Crippen LogP contribution in [0.5, 0.6) is 0 Å². The number of nitrogens with zero attached hydrogens (tertiary/aromatic N) is 1. The van der Waals surface area contributed by atoms with Crippen LogP contribution >= 0.6 is 11.3 Å². The first-order chi connectivity index (χ1) is 12.4. The number of thiophene rings is 1. The Kier molecular flexibility index (Phi) is 6.47. The molecule has 2 aromatic rings. The fraction of sp³-hybridized carbons (Fsp3) is 0.222. The lowest BCUT2D eigenvalue weighted by Gasteiger charge is -2.17. The number of ether oxygens (including phenoxy) is 1. The molecule has 0 fully saturated rings. The van der Waals surface area contributed by atoms with Gasteiger partial charge in [0.15, 0.2) is 6.10 Å². The number of nitriles is 1. The quantitative estimate of drug-likeness (QED) is 0.758. The summed E-state index contributed by atoms with van der Waals surface area (Å²) in [4.78, 5) is 36.2. The van der Waals surface area contributed by atoms with Gasteiger partial charge in [-0.1, -0.05) is 18.2 Å². The Balaban J connectivity index is 1.88. The molecule has 0 saturated carbocycles. The molecule has 1 aromatic heterocycles. The molecule has 0 aliphatic rings. The predicted molar refractivity (Wildman–Crippen MR) is 96.6 cm³/mol. The lowest BCUT2D eigenvalue weighted by molar-refractivity contribution is -0.154. The summed E-state index contributed by atoms with van der Waals surface area (Å²) in [6.45, 7) is 2.89. The van der Waals surface area contributed by atoms with Crippen LogP contribution in [-0.2, 0) is 14.3 Å². The molecule has 2 N–H and O–H groups in total. The third kappa shape index (κ3) is 4.91. The van der Waals surface area contributed by atoms with Crippen LogP contribution in [-0.4, -0.2) is 29.9 Å². The molecule has 0 radical (unpaired) electrons. The second-order valence-corrected chi connectivity index (χ2v) is 6.32. The molecule has 0 saturated heterocycles. The van der Waals surface area contributed by atoms with Crippen LogP contribution in [0.3, 0.4) is 0 Å². The van der Waals surface area contributed by atoms with Gasteiger partial charge in [0.1, 0.15) is 17.1 Å². The van der Waals surface area contributed by atoms with E-state index < -0.39 is 29.9 Å². The Hall–Kier alpha value is -3.18. The molecule has 2 amide bonds. The van der Waals surface area contributed by atoms with Crippen molar-refractivity contribution in [3.8, 4) is 6.07 Å². The van der Waals surface area contributed by atoms with E-state index >= 15 is 0 Å². The molecule has 0 unspecified atom stereocenters. The Bertz CT molecular complexity index is 842. The van der Waals surface area contributed by atoms with Crippen molar-refractivity contribution >= 4 is 34.1 Å². The zero-order valence-electron chi connectivity index (χ0n) is 14.2. The first-order valence-corrected chi connectivity index (χ1v) is 8.65. The summed E-state index contributed by atoms with van der Waals surface area (Å²) in [5.41, 5.74) is 0.755. The van der Waals surface area contributed by atoms with Gasteiger partial charge in [-0.05, 0) is 37.4 Å². The highest BCUT2D eigenvalue weighted by Gasteiger charge is 2.24. The largest absolute Gasteiger partial charge is 0.451 e. The maximum atomic E-state index is 12.1. The Morgan fingerprint density at radius 2 is 1.85 bits per heavy atom. The van der Waals surface area contributed by atoms with E-state index in [4.69, 9.17) is 10.00 Å². The summed E-state index contributed by atoms with van der Waals surface area (Å²) in [6, 6.07) is 11.1. The zero-order chi connectivity index (χ0) is 19.1. The molecule has 26 heavy (non-hydrogen) atoms. The van der Waals surface area contributed by atoms with Gasteiger partial charge in [0, 0.05) is 5.56 Å². The molecule has 7 nitrogen and oxygen atoms in total. The van der Waals surface area contributed by atoms with Gasteiger partial charge < -0.3 is 15.4 Å². The maximum Gasteiger partial charge on any atom is 0.329 e. The Morgan fingerprint density at radius 3 is 2.50 bits per heavy atom. The molecule has 0 aliphatic heterocycles. The van der Waals surface area contributed by atoms with Crippen molar-refractivity contribution in [1.29, 1.82) is 5.26 Å². The van der Waals surface area contributed by atoms with Gasteiger partial charge in [0.2, 0.25) is 0 Å². The highest BCUT2D eigenvalue weighted by atomic mass is 32.1. The monoisotopic (exact) mass is 371 g/mol. The predicted octanol–water partition coefficient (Wildman–Crippen LogP) is 2.31. The van der Waals surface area contributed by atoms with Gasteiger partial charge in [0.25, 0.3) is 11.8 Å². The molecule has 8 heteroatoms. The van der Waals surface area contributed by atoms with Crippen molar-refractivity contribution in [1.82, 2.24) is 5.32 Å². The molecule has 134 valence electrons. The molecule has 2 rings (SSSR count). The highest BCUT2D eigenvalue weighted by Crippen LogP contribution is 2.22. The minimum absolute atomic E-state index is 0.338. The molecule has 2 atom stereocenters. The van der Waals surface area contributed by atoms with E-state index in [1.165, 1.54) is 25.2 Å². The fourth-order valence-corrected chi connectivity index (χ4v) is 2.71. The standard InChI is InChI=1S/C18H17N3O4S/c1-11(20-16(23)13-6-4-3-5-7-13)18(24)25-12(2)15(22)21-17-14(10-19)8-9-26-17/h3-9,11-12H,1-2H3,(H,20,23)(H,21,22)/t11-,12-/m0/s1. The summed E-state index contributed by atoms with van der Waals surface area (Å²) < 4.78 is 5.09. The lowest BCUT2D eigenvalue weighted by atomic mass is 10.2. The molecule has 1 aromatic carbocycles. The van der Waals surface area contributed by atoms with Crippen molar-refractivity contribution < 1.29 is 19.1 Å². The first-order valence-electron chi connectivity index (χ1n) is 7.77. The number of benzene rings is 1.